The Morgan fingerprint density at radius 1 is 1.15 bits per heavy atom. The highest BCUT2D eigenvalue weighted by atomic mass is 32.2. The van der Waals surface area contributed by atoms with Gasteiger partial charge in [-0.3, -0.25) is 18.7 Å². The maximum absolute atomic E-state index is 13.1. The molecule has 0 aliphatic carbocycles. The molecule has 1 aliphatic rings. The zero-order valence-electron chi connectivity index (χ0n) is 18.4. The maximum Gasteiger partial charge on any atom is 0.332 e. The normalized spacial score (nSPS) is 15.1. The number of aryl methyl sites for hydroxylation is 2. The summed E-state index contributed by atoms with van der Waals surface area (Å²) in [7, 11) is -0.897. The van der Waals surface area contributed by atoms with Crippen molar-refractivity contribution in [2.45, 2.75) is 18.4 Å². The molecule has 4 rings (SSSR count). The number of benzene rings is 1. The molecular formula is C20H24N6O6S. The van der Waals surface area contributed by atoms with Gasteiger partial charge >= 0.3 is 5.69 Å². The first-order valence-electron chi connectivity index (χ1n) is 10.2. The second-order valence-corrected chi connectivity index (χ2v) is 9.70. The highest BCUT2D eigenvalue weighted by molar-refractivity contribution is 7.89. The molecule has 0 radical (unpaired) electrons. The smallest absolute Gasteiger partial charge is 0.332 e. The van der Waals surface area contributed by atoms with Crippen molar-refractivity contribution in [3.8, 4) is 0 Å². The predicted molar refractivity (Wildman–Crippen MR) is 120 cm³/mol. The molecule has 0 unspecified atom stereocenters. The summed E-state index contributed by atoms with van der Waals surface area (Å²) < 4.78 is 36.2. The van der Waals surface area contributed by atoms with Crippen molar-refractivity contribution in [3.63, 3.8) is 0 Å². The van der Waals surface area contributed by atoms with E-state index in [2.05, 4.69) is 10.3 Å². The number of sulfonamides is 1. The van der Waals surface area contributed by atoms with E-state index in [-0.39, 0.29) is 35.7 Å². The average Bonchev–Trinajstić information content (AvgIpc) is 3.21. The van der Waals surface area contributed by atoms with Crippen LogP contribution in [-0.4, -0.2) is 63.6 Å². The lowest BCUT2D eigenvalue weighted by Gasteiger charge is -2.26. The second kappa shape index (κ2) is 8.57. The predicted octanol–water partition coefficient (Wildman–Crippen LogP) is -0.598. The lowest BCUT2D eigenvalue weighted by molar-refractivity contribution is -0.116. The Morgan fingerprint density at radius 2 is 1.85 bits per heavy atom. The van der Waals surface area contributed by atoms with Gasteiger partial charge in [-0.1, -0.05) is 6.07 Å². The molecule has 3 heterocycles. The lowest BCUT2D eigenvalue weighted by atomic mass is 10.2. The zero-order valence-corrected chi connectivity index (χ0v) is 19.3. The van der Waals surface area contributed by atoms with Crippen LogP contribution in [0.15, 0.2) is 39.0 Å². The van der Waals surface area contributed by atoms with Crippen LogP contribution in [0.4, 0.5) is 5.69 Å². The summed E-state index contributed by atoms with van der Waals surface area (Å²) in [4.78, 5) is 41.5. The summed E-state index contributed by atoms with van der Waals surface area (Å²) in [5.41, 5.74) is 0.0783. The van der Waals surface area contributed by atoms with E-state index in [0.29, 0.717) is 24.5 Å². The third kappa shape index (κ3) is 4.10. The number of hydrogen-bond acceptors (Lipinski definition) is 7. The minimum Gasteiger partial charge on any atom is -0.379 e. The zero-order chi connectivity index (χ0) is 23.9. The van der Waals surface area contributed by atoms with Gasteiger partial charge in [0.1, 0.15) is 6.54 Å². The number of ether oxygens (including phenoxy) is 1. The molecule has 13 heteroatoms. The molecule has 1 saturated heterocycles. The number of carbonyl (C=O) groups is 1. The van der Waals surface area contributed by atoms with Crippen LogP contribution >= 0.6 is 0 Å². The molecule has 0 atom stereocenters. The molecule has 12 nitrogen and oxygen atoms in total. The summed E-state index contributed by atoms with van der Waals surface area (Å²) in [6.45, 7) is 2.64. The number of anilines is 1. The fourth-order valence-corrected chi connectivity index (χ4v) is 5.41. The van der Waals surface area contributed by atoms with Crippen molar-refractivity contribution in [1.29, 1.82) is 0 Å². The number of rotatable bonds is 5. The van der Waals surface area contributed by atoms with E-state index in [1.54, 1.807) is 19.1 Å². The number of morpholine rings is 1. The monoisotopic (exact) mass is 476 g/mol. The Balaban J connectivity index is 1.60. The van der Waals surface area contributed by atoms with Gasteiger partial charge in [0, 0.05) is 32.9 Å². The summed E-state index contributed by atoms with van der Waals surface area (Å²) in [6, 6.07) is 4.66. The van der Waals surface area contributed by atoms with Gasteiger partial charge < -0.3 is 14.6 Å². The van der Waals surface area contributed by atoms with E-state index in [4.69, 9.17) is 4.74 Å². The quantitative estimate of drug-likeness (QED) is 0.519. The highest BCUT2D eigenvalue weighted by Crippen LogP contribution is 2.24. The van der Waals surface area contributed by atoms with Crippen molar-refractivity contribution in [3.05, 3.63) is 50.9 Å². The van der Waals surface area contributed by atoms with Crippen LogP contribution in [0.3, 0.4) is 0 Å². The largest absolute Gasteiger partial charge is 0.379 e. The Kier molecular flexibility index (Phi) is 5.95. The number of carbonyl (C=O) groups excluding carboxylic acids is 1. The number of imidazole rings is 1. The maximum atomic E-state index is 13.1. The minimum absolute atomic E-state index is 0.110. The minimum atomic E-state index is -3.74. The lowest BCUT2D eigenvalue weighted by Crippen LogP contribution is -2.40. The molecule has 1 fully saturated rings. The standard InChI is InChI=1S/C20H24N6O6S/c1-13-4-5-14(10-15(13)33(30,31)26-6-8-32-9-7-26)22-16(27)11-25-12-21-18-17(25)19(28)24(3)20(29)23(18)2/h4-5,10,12H,6-9,11H2,1-3H3,(H,22,27). The molecule has 176 valence electrons. The van der Waals surface area contributed by atoms with Crippen molar-refractivity contribution in [2.24, 2.45) is 14.1 Å². The summed E-state index contributed by atoms with van der Waals surface area (Å²) >= 11 is 0. The Morgan fingerprint density at radius 3 is 2.55 bits per heavy atom. The molecule has 1 N–H and O–H groups in total. The first kappa shape index (κ1) is 22.9. The van der Waals surface area contributed by atoms with Gasteiger partial charge in [-0.05, 0) is 24.6 Å². The van der Waals surface area contributed by atoms with Crippen LogP contribution in [-0.2, 0) is 40.2 Å². The van der Waals surface area contributed by atoms with E-state index >= 15 is 0 Å². The molecule has 1 amide bonds. The van der Waals surface area contributed by atoms with Crippen LogP contribution in [0.5, 0.6) is 0 Å². The van der Waals surface area contributed by atoms with Gasteiger partial charge in [0.25, 0.3) is 5.56 Å². The van der Waals surface area contributed by atoms with Crippen molar-refractivity contribution in [2.75, 3.05) is 31.6 Å². The number of amides is 1. The van der Waals surface area contributed by atoms with E-state index in [1.807, 2.05) is 0 Å². The van der Waals surface area contributed by atoms with Gasteiger partial charge in [0.05, 0.1) is 24.4 Å². The molecule has 0 saturated carbocycles. The van der Waals surface area contributed by atoms with Crippen molar-refractivity contribution in [1.82, 2.24) is 23.0 Å². The molecule has 2 aromatic heterocycles. The Hall–Kier alpha value is -3.29. The van der Waals surface area contributed by atoms with Crippen LogP contribution in [0, 0.1) is 6.92 Å². The van der Waals surface area contributed by atoms with Crippen LogP contribution < -0.4 is 16.6 Å². The second-order valence-electron chi connectivity index (χ2n) is 7.80. The highest BCUT2D eigenvalue weighted by Gasteiger charge is 2.28. The summed E-state index contributed by atoms with van der Waals surface area (Å²) in [5.74, 6) is -0.483. The molecule has 33 heavy (non-hydrogen) atoms. The summed E-state index contributed by atoms with van der Waals surface area (Å²) in [6.07, 6.45) is 1.31. The van der Waals surface area contributed by atoms with Gasteiger partial charge in [-0.15, -0.1) is 0 Å². The number of fused-ring (bicyclic) bond motifs is 1. The van der Waals surface area contributed by atoms with E-state index in [0.717, 1.165) is 4.57 Å². The molecular weight excluding hydrogens is 452 g/mol. The van der Waals surface area contributed by atoms with E-state index in [9.17, 15) is 22.8 Å². The molecule has 3 aromatic rings. The number of hydrogen-bond donors (Lipinski definition) is 1. The molecule has 1 aromatic carbocycles. The van der Waals surface area contributed by atoms with E-state index in [1.165, 1.54) is 39.9 Å². The van der Waals surface area contributed by atoms with Crippen LogP contribution in [0.2, 0.25) is 0 Å². The number of aromatic nitrogens is 4. The molecule has 0 bridgehead atoms. The average molecular weight is 477 g/mol. The third-order valence-electron chi connectivity index (χ3n) is 5.59. The first-order chi connectivity index (χ1) is 15.6. The molecule has 0 spiro atoms. The number of nitrogens with zero attached hydrogens (tertiary/aromatic N) is 5. The first-order valence-corrected chi connectivity index (χ1v) is 11.6. The van der Waals surface area contributed by atoms with Gasteiger partial charge in [0.2, 0.25) is 15.9 Å². The van der Waals surface area contributed by atoms with E-state index < -0.39 is 27.2 Å². The van der Waals surface area contributed by atoms with Gasteiger partial charge in [0.15, 0.2) is 11.2 Å². The van der Waals surface area contributed by atoms with Crippen molar-refractivity contribution >= 4 is 32.8 Å². The fourth-order valence-electron chi connectivity index (χ4n) is 3.75. The topological polar surface area (TPSA) is 138 Å². The number of nitrogens with one attached hydrogen (secondary N) is 1. The third-order valence-corrected chi connectivity index (χ3v) is 7.63. The van der Waals surface area contributed by atoms with Crippen LogP contribution in [0.25, 0.3) is 11.2 Å². The van der Waals surface area contributed by atoms with Crippen LogP contribution in [0.1, 0.15) is 5.56 Å². The summed E-state index contributed by atoms with van der Waals surface area (Å²) in [5, 5.41) is 2.68. The SMILES string of the molecule is Cc1ccc(NC(=O)Cn2cnc3c2c(=O)n(C)c(=O)n3C)cc1S(=O)(=O)N1CCOCC1. The fraction of sp³-hybridized carbons (Fsp3) is 0.400. The Labute approximate surface area is 189 Å². The Bertz CT molecular complexity index is 1460. The van der Waals surface area contributed by atoms with Crippen molar-refractivity contribution < 1.29 is 17.9 Å². The van der Waals surface area contributed by atoms with Gasteiger partial charge in [-0.2, -0.15) is 4.31 Å². The molecule has 1 aliphatic heterocycles. The van der Waals surface area contributed by atoms with Gasteiger partial charge in [-0.25, -0.2) is 18.2 Å².